The van der Waals surface area contributed by atoms with Crippen molar-refractivity contribution in [1.82, 2.24) is 0 Å². The number of hydrogen-bond acceptors (Lipinski definition) is 4. The minimum atomic E-state index is -4.72. The van der Waals surface area contributed by atoms with Gasteiger partial charge in [-0.15, -0.1) is 11.8 Å². The van der Waals surface area contributed by atoms with Crippen LogP contribution in [0.15, 0.2) is 53.1 Å². The van der Waals surface area contributed by atoms with E-state index < -0.39 is 28.7 Å². The summed E-state index contributed by atoms with van der Waals surface area (Å²) in [5, 5.41) is 12.9. The molecule has 0 saturated carbocycles. The van der Waals surface area contributed by atoms with Crippen molar-refractivity contribution >= 4 is 46.4 Å². The van der Waals surface area contributed by atoms with E-state index in [1.807, 2.05) is 0 Å². The van der Waals surface area contributed by atoms with Crippen LogP contribution >= 0.6 is 35.0 Å². The second-order valence-corrected chi connectivity index (χ2v) is 6.78. The van der Waals surface area contributed by atoms with E-state index in [0.29, 0.717) is 10.7 Å². The van der Waals surface area contributed by atoms with Gasteiger partial charge in [0.05, 0.1) is 20.6 Å². The Morgan fingerprint density at radius 2 is 1.81 bits per heavy atom. The average molecular weight is 431 g/mol. The highest BCUT2D eigenvalue weighted by Crippen LogP contribution is 2.34. The smallest absolute Gasteiger partial charge is 0.349 e. The molecule has 3 nitrogen and oxygen atoms in total. The monoisotopic (exact) mass is 430 g/mol. The Balaban J connectivity index is 2.50. The molecule has 1 N–H and O–H groups in total. The van der Waals surface area contributed by atoms with Gasteiger partial charge in [-0.1, -0.05) is 41.4 Å². The Bertz CT molecular complexity index is 952. The summed E-state index contributed by atoms with van der Waals surface area (Å²) in [4.78, 5) is 12.7. The van der Waals surface area contributed by atoms with E-state index >= 15 is 0 Å². The summed E-state index contributed by atoms with van der Waals surface area (Å²) >= 11 is 12.8. The lowest BCUT2D eigenvalue weighted by Gasteiger charge is -2.14. The van der Waals surface area contributed by atoms with E-state index in [1.165, 1.54) is 24.3 Å². The summed E-state index contributed by atoms with van der Waals surface area (Å²) in [7, 11) is 0. The number of ketones is 1. The van der Waals surface area contributed by atoms with Crippen LogP contribution in [0.5, 0.6) is 0 Å². The lowest BCUT2D eigenvalue weighted by atomic mass is 9.99. The number of thioether (sulfide) groups is 1. The van der Waals surface area contributed by atoms with Gasteiger partial charge in [0.2, 0.25) is 5.78 Å². The Hall–Kier alpha value is -2.14. The quantitative estimate of drug-likeness (QED) is 0.338. The number of Topliss-reactive ketones (excluding diaryl/α,β-unsaturated/α-hetero) is 1. The normalized spacial score (nSPS) is 12.2. The van der Waals surface area contributed by atoms with Crippen molar-refractivity contribution in [1.29, 1.82) is 5.26 Å². The first-order valence-electron chi connectivity index (χ1n) is 7.30. The van der Waals surface area contributed by atoms with Gasteiger partial charge >= 0.3 is 6.18 Å². The van der Waals surface area contributed by atoms with Gasteiger partial charge in [-0.3, -0.25) is 4.79 Å². The van der Waals surface area contributed by atoms with Crippen LogP contribution in [0.3, 0.4) is 0 Å². The van der Waals surface area contributed by atoms with Crippen LogP contribution in [0, 0.1) is 11.3 Å². The van der Waals surface area contributed by atoms with Crippen LogP contribution in [0.4, 0.5) is 18.9 Å². The van der Waals surface area contributed by atoms with E-state index in [9.17, 15) is 23.2 Å². The van der Waals surface area contributed by atoms with E-state index in [1.54, 1.807) is 18.4 Å². The van der Waals surface area contributed by atoms with Crippen molar-refractivity contribution < 1.29 is 18.0 Å². The Morgan fingerprint density at radius 1 is 1.15 bits per heavy atom. The number of halogens is 5. The summed E-state index contributed by atoms with van der Waals surface area (Å²) in [6.45, 7) is 0. The Kier molecular flexibility index (Phi) is 6.82. The molecule has 0 aliphatic carbocycles. The van der Waals surface area contributed by atoms with Crippen LogP contribution in [-0.2, 0) is 6.18 Å². The van der Waals surface area contributed by atoms with Gasteiger partial charge in [-0.25, -0.2) is 0 Å². The first-order chi connectivity index (χ1) is 12.7. The van der Waals surface area contributed by atoms with Gasteiger partial charge in [-0.05, 0) is 30.5 Å². The van der Waals surface area contributed by atoms with Crippen LogP contribution in [0.2, 0.25) is 10.0 Å². The summed E-state index contributed by atoms with van der Waals surface area (Å²) in [5.41, 5.74) is -1.70. The minimum Gasteiger partial charge on any atom is -0.349 e. The third kappa shape index (κ3) is 4.98. The summed E-state index contributed by atoms with van der Waals surface area (Å²) < 4.78 is 39.6. The van der Waals surface area contributed by atoms with Crippen molar-refractivity contribution in [3.63, 3.8) is 0 Å². The van der Waals surface area contributed by atoms with Crippen LogP contribution in [0.1, 0.15) is 15.9 Å². The number of anilines is 1. The molecule has 0 radical (unpaired) electrons. The lowest BCUT2D eigenvalue weighted by Crippen LogP contribution is -2.16. The number of allylic oxidation sites excluding steroid dienone is 1. The highest BCUT2D eigenvalue weighted by atomic mass is 35.5. The molecule has 0 atom stereocenters. The van der Waals surface area contributed by atoms with Crippen molar-refractivity contribution in [2.45, 2.75) is 6.18 Å². The number of carbonyl (C=O) groups is 1. The van der Waals surface area contributed by atoms with E-state index in [2.05, 4.69) is 5.32 Å². The van der Waals surface area contributed by atoms with Crippen LogP contribution in [-0.4, -0.2) is 12.0 Å². The number of hydrogen-bond donors (Lipinski definition) is 1. The molecule has 0 fully saturated rings. The molecule has 27 heavy (non-hydrogen) atoms. The highest BCUT2D eigenvalue weighted by molar-refractivity contribution is 8.02. The summed E-state index contributed by atoms with van der Waals surface area (Å²) in [6.07, 6.45) is -3.14. The number of nitrogens with one attached hydrogen (secondary N) is 1. The van der Waals surface area contributed by atoms with Gasteiger partial charge in [0.1, 0.15) is 11.6 Å². The molecule has 2 aromatic rings. The third-order valence-corrected chi connectivity index (χ3v) is 4.88. The molecule has 2 aromatic carbocycles. The van der Waals surface area contributed by atoms with Gasteiger partial charge in [0.15, 0.2) is 0 Å². The summed E-state index contributed by atoms with van der Waals surface area (Å²) in [6, 6.07) is 10.6. The molecule has 140 valence electrons. The molecule has 0 aromatic heterocycles. The molecule has 0 unspecified atom stereocenters. The predicted octanol–water partition coefficient (Wildman–Crippen LogP) is 6.41. The second-order valence-electron chi connectivity index (χ2n) is 5.15. The van der Waals surface area contributed by atoms with E-state index in [0.717, 1.165) is 23.9 Å². The number of nitriles is 1. The lowest BCUT2D eigenvalue weighted by molar-refractivity contribution is -0.137. The molecule has 0 aliphatic heterocycles. The fraction of sp³-hybridized carbons (Fsp3) is 0.111. The zero-order valence-electron chi connectivity index (χ0n) is 13.7. The van der Waals surface area contributed by atoms with Crippen molar-refractivity contribution in [2.24, 2.45) is 0 Å². The zero-order chi connectivity index (χ0) is 20.2. The van der Waals surface area contributed by atoms with Crippen LogP contribution < -0.4 is 5.32 Å². The standard InChI is InChI=1S/C18H11Cl2F3N2OS/c1-27-17(25-10-6-7-14(19)15(20)8-10)12(9-24)16(26)11-4-2-3-5-13(11)18(21,22)23/h2-8,25H,1H3. The first-order valence-corrected chi connectivity index (χ1v) is 9.28. The number of benzene rings is 2. The molecule has 0 saturated heterocycles. The van der Waals surface area contributed by atoms with Gasteiger partial charge in [-0.2, -0.15) is 18.4 Å². The van der Waals surface area contributed by atoms with Crippen molar-refractivity contribution in [3.8, 4) is 6.07 Å². The molecule has 0 spiro atoms. The first kappa shape index (κ1) is 21.2. The molecule has 0 aliphatic rings. The molecular weight excluding hydrogens is 420 g/mol. The second kappa shape index (κ2) is 8.70. The third-order valence-electron chi connectivity index (χ3n) is 3.42. The largest absolute Gasteiger partial charge is 0.417 e. The highest BCUT2D eigenvalue weighted by Gasteiger charge is 2.35. The molecule has 0 amide bonds. The maximum Gasteiger partial charge on any atom is 0.417 e. The maximum atomic E-state index is 13.2. The van der Waals surface area contributed by atoms with E-state index in [-0.39, 0.29) is 10.1 Å². The fourth-order valence-electron chi connectivity index (χ4n) is 2.19. The van der Waals surface area contributed by atoms with Gasteiger partial charge < -0.3 is 5.32 Å². The number of nitrogens with zero attached hydrogens (tertiary/aromatic N) is 1. The number of carbonyl (C=O) groups excluding carboxylic acids is 1. The number of alkyl halides is 3. The summed E-state index contributed by atoms with van der Waals surface area (Å²) in [5.74, 6) is -1.03. The molecule has 2 rings (SSSR count). The zero-order valence-corrected chi connectivity index (χ0v) is 16.0. The Morgan fingerprint density at radius 3 is 2.37 bits per heavy atom. The maximum absolute atomic E-state index is 13.2. The molecule has 9 heteroatoms. The van der Waals surface area contributed by atoms with Gasteiger partial charge in [0.25, 0.3) is 0 Å². The molecule has 0 heterocycles. The SMILES string of the molecule is CSC(Nc1ccc(Cl)c(Cl)c1)=C(C#N)C(=O)c1ccccc1C(F)(F)F. The van der Waals surface area contributed by atoms with Crippen LogP contribution in [0.25, 0.3) is 0 Å². The molecule has 0 bridgehead atoms. The van der Waals surface area contributed by atoms with Crippen molar-refractivity contribution in [3.05, 3.63) is 74.2 Å². The fourth-order valence-corrected chi connectivity index (χ4v) is 3.05. The number of rotatable bonds is 5. The van der Waals surface area contributed by atoms with Crippen molar-refractivity contribution in [2.75, 3.05) is 11.6 Å². The topological polar surface area (TPSA) is 52.9 Å². The predicted molar refractivity (Wildman–Crippen MR) is 102 cm³/mol. The van der Waals surface area contributed by atoms with Gasteiger partial charge in [0, 0.05) is 11.3 Å². The molecular formula is C18H11Cl2F3N2OS. The minimum absolute atomic E-state index is 0.0952. The Labute approximate surface area is 167 Å². The average Bonchev–Trinajstić information content (AvgIpc) is 2.63. The van der Waals surface area contributed by atoms with E-state index in [4.69, 9.17) is 23.2 Å².